The highest BCUT2D eigenvalue weighted by Crippen LogP contribution is 2.33. The molecule has 0 aromatic carbocycles. The van der Waals surface area contributed by atoms with Crippen LogP contribution < -0.4 is 22.1 Å². The topological polar surface area (TPSA) is 137 Å². The molecule has 0 spiro atoms. The summed E-state index contributed by atoms with van der Waals surface area (Å²) in [4.78, 5) is 33.4. The van der Waals surface area contributed by atoms with E-state index in [1.165, 1.54) is 18.7 Å². The van der Waals surface area contributed by atoms with Crippen LogP contribution in [0, 0.1) is 0 Å². The van der Waals surface area contributed by atoms with E-state index in [0.717, 1.165) is 0 Å². The Morgan fingerprint density at radius 3 is 2.44 bits per heavy atom. The summed E-state index contributed by atoms with van der Waals surface area (Å²) in [6.07, 6.45) is 0. The molecule has 0 aromatic rings. The Labute approximate surface area is 109 Å². The molecule has 0 aliphatic carbocycles. The van der Waals surface area contributed by atoms with E-state index in [1.54, 1.807) is 0 Å². The molecule has 1 fully saturated rings. The number of carbonyl (C=O) groups excluding carboxylic acids is 3. The number of nitrogens with two attached hydrogens (primary N) is 2. The van der Waals surface area contributed by atoms with Crippen molar-refractivity contribution in [2.75, 3.05) is 11.5 Å². The Kier molecular flexibility index (Phi) is 4.23. The van der Waals surface area contributed by atoms with Gasteiger partial charge in [0.2, 0.25) is 11.8 Å². The second kappa shape index (κ2) is 5.30. The van der Waals surface area contributed by atoms with Gasteiger partial charge in [0.15, 0.2) is 5.54 Å². The molecule has 18 heavy (non-hydrogen) atoms. The van der Waals surface area contributed by atoms with Gasteiger partial charge in [-0.1, -0.05) is 6.58 Å². The van der Waals surface area contributed by atoms with Gasteiger partial charge in [0.1, 0.15) is 6.04 Å². The summed E-state index contributed by atoms with van der Waals surface area (Å²) in [7, 11) is 0. The van der Waals surface area contributed by atoms with E-state index in [0.29, 0.717) is 11.4 Å². The Balaban J connectivity index is 2.55. The molecule has 0 aromatic heterocycles. The number of nitrogens with one attached hydrogen (secondary N) is 2. The highest BCUT2D eigenvalue weighted by Gasteiger charge is 2.54. The van der Waals surface area contributed by atoms with Gasteiger partial charge in [0, 0.05) is 11.4 Å². The van der Waals surface area contributed by atoms with Gasteiger partial charge in [-0.25, -0.2) is 0 Å². The van der Waals surface area contributed by atoms with Crippen molar-refractivity contribution in [1.29, 1.82) is 0 Å². The average molecular weight is 272 g/mol. The first kappa shape index (κ1) is 14.4. The van der Waals surface area contributed by atoms with Crippen molar-refractivity contribution in [3.63, 3.8) is 0 Å². The van der Waals surface area contributed by atoms with Crippen molar-refractivity contribution in [3.05, 3.63) is 12.3 Å². The van der Waals surface area contributed by atoms with Gasteiger partial charge in [-0.2, -0.15) is 0 Å². The minimum absolute atomic E-state index is 0.120. The lowest BCUT2D eigenvalue weighted by atomic mass is 10.1. The Bertz CT molecular complexity index is 412. The second-order valence-corrected chi connectivity index (χ2v) is 5.05. The van der Waals surface area contributed by atoms with E-state index < -0.39 is 23.4 Å². The van der Waals surface area contributed by atoms with Gasteiger partial charge in [0.25, 0.3) is 5.91 Å². The third-order valence-electron chi connectivity index (χ3n) is 2.54. The molecule has 8 heteroatoms. The number of amides is 3. The van der Waals surface area contributed by atoms with E-state index >= 15 is 0 Å². The van der Waals surface area contributed by atoms with Gasteiger partial charge < -0.3 is 22.1 Å². The molecule has 100 valence electrons. The lowest BCUT2D eigenvalue weighted by Gasteiger charge is -2.15. The zero-order valence-corrected chi connectivity index (χ0v) is 10.8. The van der Waals surface area contributed by atoms with Crippen molar-refractivity contribution in [1.82, 2.24) is 10.6 Å². The largest absolute Gasteiger partial charge is 0.369 e. The molecule has 0 unspecified atom stereocenters. The molecule has 1 aliphatic rings. The predicted octanol–water partition coefficient (Wildman–Crippen LogP) is -1.95. The molecular weight excluding hydrogens is 256 g/mol. The van der Waals surface area contributed by atoms with Crippen LogP contribution in [0.4, 0.5) is 0 Å². The molecule has 1 saturated heterocycles. The minimum Gasteiger partial charge on any atom is -0.369 e. The first-order chi connectivity index (χ1) is 8.29. The van der Waals surface area contributed by atoms with Crippen LogP contribution in [0.1, 0.15) is 6.92 Å². The fourth-order valence-corrected chi connectivity index (χ4v) is 2.29. The van der Waals surface area contributed by atoms with E-state index in [1.807, 2.05) is 0 Å². The van der Waals surface area contributed by atoms with Gasteiger partial charge >= 0.3 is 0 Å². The van der Waals surface area contributed by atoms with Gasteiger partial charge in [0.05, 0.1) is 5.75 Å². The summed E-state index contributed by atoms with van der Waals surface area (Å²) in [6, 6.07) is -0.759. The van der Waals surface area contributed by atoms with Crippen molar-refractivity contribution in [2.45, 2.75) is 18.5 Å². The Morgan fingerprint density at radius 2 is 2.06 bits per heavy atom. The summed E-state index contributed by atoms with van der Waals surface area (Å²) < 4.78 is 0. The standard InChI is InChI=1S/C10H16N4O3S/c1-5(8(12)16)13-9(17)10(6(2)14-10)4-18-3-7(11)15/h5,14H,2-4H2,1H3,(H2,11,15)(H2,12,16)(H,13,17)/t5-,10-/m0/s1. The Hall–Kier alpha value is -1.70. The van der Waals surface area contributed by atoms with Gasteiger partial charge in [-0.15, -0.1) is 11.8 Å². The maximum atomic E-state index is 12.0. The smallest absolute Gasteiger partial charge is 0.253 e. The third-order valence-corrected chi connectivity index (χ3v) is 3.67. The lowest BCUT2D eigenvalue weighted by Crippen LogP contribution is -2.49. The number of hydrogen-bond acceptors (Lipinski definition) is 5. The van der Waals surface area contributed by atoms with Crippen LogP contribution in [-0.4, -0.2) is 40.8 Å². The molecular formula is C10H16N4O3S. The molecule has 0 saturated carbocycles. The molecule has 0 radical (unpaired) electrons. The third kappa shape index (κ3) is 3.16. The minimum atomic E-state index is -0.927. The number of rotatable bonds is 7. The van der Waals surface area contributed by atoms with E-state index in [9.17, 15) is 14.4 Å². The van der Waals surface area contributed by atoms with Crippen LogP contribution in [0.25, 0.3) is 0 Å². The van der Waals surface area contributed by atoms with Crippen LogP contribution in [0.2, 0.25) is 0 Å². The SMILES string of the molecule is C=C1N[C@]1(CSCC(N)=O)C(=O)N[C@@H](C)C(N)=O. The van der Waals surface area contributed by atoms with E-state index in [2.05, 4.69) is 17.2 Å². The molecule has 6 N–H and O–H groups in total. The fourth-order valence-electron chi connectivity index (χ4n) is 1.30. The van der Waals surface area contributed by atoms with Crippen LogP contribution in [0.3, 0.4) is 0 Å². The zero-order chi connectivity index (χ0) is 13.9. The lowest BCUT2D eigenvalue weighted by molar-refractivity contribution is -0.128. The summed E-state index contributed by atoms with van der Waals surface area (Å²) in [5.41, 5.74) is 9.69. The molecule has 1 aliphatic heterocycles. The average Bonchev–Trinajstić information content (AvgIpc) is 2.89. The molecule has 1 heterocycles. The van der Waals surface area contributed by atoms with Crippen molar-refractivity contribution < 1.29 is 14.4 Å². The van der Waals surface area contributed by atoms with Crippen molar-refractivity contribution >= 4 is 29.5 Å². The summed E-state index contributed by atoms with van der Waals surface area (Å²) in [5.74, 6) is -1.00. The van der Waals surface area contributed by atoms with Crippen LogP contribution >= 0.6 is 11.8 Å². The van der Waals surface area contributed by atoms with Crippen molar-refractivity contribution in [3.8, 4) is 0 Å². The maximum Gasteiger partial charge on any atom is 0.253 e. The monoisotopic (exact) mass is 272 g/mol. The van der Waals surface area contributed by atoms with E-state index in [4.69, 9.17) is 11.5 Å². The predicted molar refractivity (Wildman–Crippen MR) is 68.3 cm³/mol. The quantitative estimate of drug-likeness (QED) is 0.399. The number of primary amides is 2. The summed E-state index contributed by atoms with van der Waals surface area (Å²) in [5, 5.41) is 5.32. The normalized spacial score (nSPS) is 22.8. The second-order valence-electron chi connectivity index (χ2n) is 4.07. The molecule has 3 amide bonds. The van der Waals surface area contributed by atoms with Crippen LogP contribution in [0.15, 0.2) is 12.3 Å². The first-order valence-corrected chi connectivity index (χ1v) is 6.39. The van der Waals surface area contributed by atoms with Crippen molar-refractivity contribution in [2.24, 2.45) is 11.5 Å². The van der Waals surface area contributed by atoms with E-state index in [-0.39, 0.29) is 11.7 Å². The molecule has 7 nitrogen and oxygen atoms in total. The maximum absolute atomic E-state index is 12.0. The van der Waals surface area contributed by atoms with Crippen LogP contribution in [0.5, 0.6) is 0 Å². The number of thioether (sulfide) groups is 1. The van der Waals surface area contributed by atoms with Gasteiger partial charge in [-0.05, 0) is 6.92 Å². The highest BCUT2D eigenvalue weighted by molar-refractivity contribution is 8.00. The van der Waals surface area contributed by atoms with Gasteiger partial charge in [-0.3, -0.25) is 14.4 Å². The summed E-state index contributed by atoms with van der Waals surface area (Å²) >= 11 is 1.22. The zero-order valence-electron chi connectivity index (χ0n) is 9.99. The first-order valence-electron chi connectivity index (χ1n) is 5.23. The Morgan fingerprint density at radius 1 is 1.50 bits per heavy atom. The fraction of sp³-hybridized carbons (Fsp3) is 0.500. The molecule has 0 bridgehead atoms. The molecule has 1 rings (SSSR count). The molecule has 2 atom stereocenters. The number of carbonyl (C=O) groups is 3. The summed E-state index contributed by atoms with van der Waals surface area (Å²) in [6.45, 7) is 5.17. The van der Waals surface area contributed by atoms with Crippen LogP contribution in [-0.2, 0) is 14.4 Å². The number of hydrogen-bond donors (Lipinski definition) is 4. The highest BCUT2D eigenvalue weighted by atomic mass is 32.2.